The van der Waals surface area contributed by atoms with Gasteiger partial charge in [0.2, 0.25) is 0 Å². The molecule has 2 aromatic carbocycles. The third-order valence-electron chi connectivity index (χ3n) is 3.63. The highest BCUT2D eigenvalue weighted by atomic mass is 35.5. The average molecular weight is 406 g/mol. The summed E-state index contributed by atoms with van der Waals surface area (Å²) in [6.07, 6.45) is 1.30. The lowest BCUT2D eigenvalue weighted by Gasteiger charge is -2.11. The minimum absolute atomic E-state index is 0.128. The number of amides is 1. The van der Waals surface area contributed by atoms with Crippen LogP contribution in [0.2, 0.25) is 10.0 Å². The van der Waals surface area contributed by atoms with Crippen LogP contribution in [0.25, 0.3) is 0 Å². The molecule has 6 nitrogen and oxygen atoms in total. The summed E-state index contributed by atoms with van der Waals surface area (Å²) >= 11 is 12.1. The van der Waals surface area contributed by atoms with Crippen LogP contribution in [0, 0.1) is 18.3 Å². The van der Waals surface area contributed by atoms with E-state index in [1.54, 1.807) is 24.3 Å². The Kier molecular flexibility index (Phi) is 6.94. The minimum atomic E-state index is -0.587. The van der Waals surface area contributed by atoms with Crippen LogP contribution < -0.4 is 20.1 Å². The van der Waals surface area contributed by atoms with E-state index in [1.165, 1.54) is 26.5 Å². The maximum absolute atomic E-state index is 12.3. The molecule has 0 unspecified atom stereocenters. The zero-order valence-corrected chi connectivity index (χ0v) is 16.4. The van der Waals surface area contributed by atoms with Crippen LogP contribution in [0.4, 0.5) is 11.4 Å². The number of halogens is 2. The first kappa shape index (κ1) is 20.4. The third kappa shape index (κ3) is 5.07. The number of hydrogen-bond donors (Lipinski definition) is 2. The van der Waals surface area contributed by atoms with E-state index in [4.69, 9.17) is 32.7 Å². The molecule has 0 aliphatic rings. The molecule has 1 amide bonds. The second-order valence-corrected chi connectivity index (χ2v) is 6.23. The number of methoxy groups -OCH3 is 2. The molecule has 0 radical (unpaired) electrons. The summed E-state index contributed by atoms with van der Waals surface area (Å²) < 4.78 is 10.3. The van der Waals surface area contributed by atoms with Gasteiger partial charge in [-0.15, -0.1) is 0 Å². The lowest BCUT2D eigenvalue weighted by molar-refractivity contribution is -0.112. The van der Waals surface area contributed by atoms with E-state index in [1.807, 2.05) is 13.0 Å². The molecule has 0 aliphatic heterocycles. The number of rotatable bonds is 6. The highest BCUT2D eigenvalue weighted by Crippen LogP contribution is 2.31. The van der Waals surface area contributed by atoms with E-state index < -0.39 is 5.91 Å². The van der Waals surface area contributed by atoms with E-state index >= 15 is 0 Å². The number of hydrogen-bond acceptors (Lipinski definition) is 5. The van der Waals surface area contributed by atoms with Crippen molar-refractivity contribution in [2.45, 2.75) is 6.92 Å². The van der Waals surface area contributed by atoms with Crippen molar-refractivity contribution in [1.29, 1.82) is 5.26 Å². The number of anilines is 2. The van der Waals surface area contributed by atoms with E-state index in [0.717, 1.165) is 5.56 Å². The number of carbonyl (C=O) groups excluding carboxylic acids is 1. The molecule has 0 saturated heterocycles. The summed E-state index contributed by atoms with van der Waals surface area (Å²) in [6.45, 7) is 1.84. The SMILES string of the molecule is COc1ccc(NC(=O)/C(C#N)=C\Nc2cc(C)c(Cl)cc2OC)cc1Cl. The van der Waals surface area contributed by atoms with Crippen LogP contribution in [0.1, 0.15) is 5.56 Å². The fourth-order valence-electron chi connectivity index (χ4n) is 2.19. The predicted molar refractivity (Wildman–Crippen MR) is 107 cm³/mol. The summed E-state index contributed by atoms with van der Waals surface area (Å²) in [5, 5.41) is 15.7. The van der Waals surface area contributed by atoms with Gasteiger partial charge in [0.25, 0.3) is 5.91 Å². The Labute approximate surface area is 167 Å². The molecule has 0 atom stereocenters. The van der Waals surface area contributed by atoms with E-state index in [-0.39, 0.29) is 5.57 Å². The number of nitrogens with zero attached hydrogens (tertiary/aromatic N) is 1. The summed E-state index contributed by atoms with van der Waals surface area (Å²) in [4.78, 5) is 12.3. The van der Waals surface area contributed by atoms with Crippen molar-refractivity contribution in [1.82, 2.24) is 0 Å². The van der Waals surface area contributed by atoms with Gasteiger partial charge in [0.15, 0.2) is 0 Å². The van der Waals surface area contributed by atoms with E-state index in [2.05, 4.69) is 10.6 Å². The number of carbonyl (C=O) groups is 1. The molecular formula is C19H17Cl2N3O3. The lowest BCUT2D eigenvalue weighted by atomic mass is 10.2. The quantitative estimate of drug-likeness (QED) is 0.533. The Morgan fingerprint density at radius 3 is 2.41 bits per heavy atom. The van der Waals surface area contributed by atoms with Crippen LogP contribution in [0.15, 0.2) is 42.1 Å². The summed E-state index contributed by atoms with van der Waals surface area (Å²) in [5.74, 6) is 0.384. The molecule has 2 aromatic rings. The molecule has 8 heteroatoms. The highest BCUT2D eigenvalue weighted by molar-refractivity contribution is 6.32. The zero-order valence-electron chi connectivity index (χ0n) is 14.9. The van der Waals surface area contributed by atoms with Crippen molar-refractivity contribution in [3.8, 4) is 17.6 Å². The van der Waals surface area contributed by atoms with Crippen molar-refractivity contribution in [3.63, 3.8) is 0 Å². The van der Waals surface area contributed by atoms with Gasteiger partial charge in [0, 0.05) is 23.0 Å². The molecule has 27 heavy (non-hydrogen) atoms. The fraction of sp³-hybridized carbons (Fsp3) is 0.158. The number of nitriles is 1. The fourth-order valence-corrected chi connectivity index (χ4v) is 2.60. The van der Waals surface area contributed by atoms with Gasteiger partial charge in [-0.05, 0) is 36.8 Å². The monoisotopic (exact) mass is 405 g/mol. The molecule has 2 N–H and O–H groups in total. The van der Waals surface area contributed by atoms with Crippen LogP contribution in [-0.4, -0.2) is 20.1 Å². The predicted octanol–water partition coefficient (Wildman–Crippen LogP) is 4.78. The van der Waals surface area contributed by atoms with Gasteiger partial charge < -0.3 is 20.1 Å². The number of aryl methyl sites for hydroxylation is 1. The Bertz CT molecular complexity index is 937. The van der Waals surface area contributed by atoms with Gasteiger partial charge in [-0.25, -0.2) is 0 Å². The third-order valence-corrected chi connectivity index (χ3v) is 4.33. The Morgan fingerprint density at radius 1 is 1.11 bits per heavy atom. The number of benzene rings is 2. The van der Waals surface area contributed by atoms with Gasteiger partial charge in [-0.1, -0.05) is 23.2 Å². The number of nitrogens with one attached hydrogen (secondary N) is 2. The van der Waals surface area contributed by atoms with Gasteiger partial charge in [-0.3, -0.25) is 4.79 Å². The van der Waals surface area contributed by atoms with Crippen molar-refractivity contribution < 1.29 is 14.3 Å². The molecule has 2 rings (SSSR count). The van der Waals surface area contributed by atoms with Crippen LogP contribution in [0.5, 0.6) is 11.5 Å². The molecule has 0 heterocycles. The van der Waals surface area contributed by atoms with Gasteiger partial charge in [0.1, 0.15) is 23.1 Å². The van der Waals surface area contributed by atoms with Crippen molar-refractivity contribution in [3.05, 3.63) is 57.7 Å². The first-order valence-corrected chi connectivity index (χ1v) is 8.51. The van der Waals surface area contributed by atoms with E-state index in [0.29, 0.717) is 32.9 Å². The average Bonchev–Trinajstić information content (AvgIpc) is 2.64. The maximum atomic E-state index is 12.3. The number of ether oxygens (including phenoxy) is 2. The standard InChI is InChI=1S/C19H17Cl2N3O3/c1-11-6-16(18(27-3)8-14(11)20)23-10-12(9-22)19(25)24-13-4-5-17(26-2)15(21)7-13/h4-8,10,23H,1-3H3,(H,24,25)/b12-10-. The van der Waals surface area contributed by atoms with Crippen molar-refractivity contribution >= 4 is 40.5 Å². The van der Waals surface area contributed by atoms with E-state index in [9.17, 15) is 10.1 Å². The molecule has 0 saturated carbocycles. The Morgan fingerprint density at radius 2 is 1.81 bits per heavy atom. The normalized spacial score (nSPS) is 10.7. The highest BCUT2D eigenvalue weighted by Gasteiger charge is 2.12. The molecule has 0 bridgehead atoms. The lowest BCUT2D eigenvalue weighted by Crippen LogP contribution is -2.14. The van der Waals surface area contributed by atoms with Gasteiger partial charge in [0.05, 0.1) is 24.9 Å². The maximum Gasteiger partial charge on any atom is 0.267 e. The summed E-state index contributed by atoms with van der Waals surface area (Å²) in [7, 11) is 3.00. The second kappa shape index (κ2) is 9.17. The van der Waals surface area contributed by atoms with Crippen molar-refractivity contribution in [2.75, 3.05) is 24.9 Å². The second-order valence-electron chi connectivity index (χ2n) is 5.42. The largest absolute Gasteiger partial charge is 0.495 e. The molecule has 140 valence electrons. The molecular weight excluding hydrogens is 389 g/mol. The van der Waals surface area contributed by atoms with Gasteiger partial charge in [-0.2, -0.15) is 5.26 Å². The molecule has 0 aliphatic carbocycles. The first-order valence-electron chi connectivity index (χ1n) is 7.75. The molecule has 0 spiro atoms. The Hall–Kier alpha value is -2.88. The van der Waals surface area contributed by atoms with Gasteiger partial charge >= 0.3 is 0 Å². The zero-order chi connectivity index (χ0) is 20.0. The van der Waals surface area contributed by atoms with Crippen LogP contribution in [-0.2, 0) is 4.79 Å². The molecule has 0 fully saturated rings. The topological polar surface area (TPSA) is 83.4 Å². The summed E-state index contributed by atoms with van der Waals surface area (Å²) in [6, 6.07) is 10.0. The molecule has 0 aromatic heterocycles. The van der Waals surface area contributed by atoms with Crippen molar-refractivity contribution in [2.24, 2.45) is 0 Å². The van der Waals surface area contributed by atoms with Crippen LogP contribution >= 0.6 is 23.2 Å². The smallest absolute Gasteiger partial charge is 0.267 e. The summed E-state index contributed by atoms with van der Waals surface area (Å²) in [5.41, 5.74) is 1.71. The minimum Gasteiger partial charge on any atom is -0.495 e. The Balaban J connectivity index is 2.19. The first-order chi connectivity index (χ1) is 12.9. The van der Waals surface area contributed by atoms with Crippen LogP contribution in [0.3, 0.4) is 0 Å².